The summed E-state index contributed by atoms with van der Waals surface area (Å²) < 4.78 is 5.57. The summed E-state index contributed by atoms with van der Waals surface area (Å²) in [5.41, 5.74) is 0.780. The second kappa shape index (κ2) is 22.3. The van der Waals surface area contributed by atoms with Crippen molar-refractivity contribution >= 4 is 11.6 Å². The molecule has 1 N–H and O–H groups in total. The van der Waals surface area contributed by atoms with E-state index in [4.69, 9.17) is 4.74 Å². The van der Waals surface area contributed by atoms with Crippen molar-refractivity contribution in [2.75, 3.05) is 11.9 Å². The largest absolute Gasteiger partial charge is 0.492 e. The molecule has 1 amide bonds. The lowest BCUT2D eigenvalue weighted by molar-refractivity contribution is -0.116. The molecule has 1 rings (SSSR count). The number of rotatable bonds is 23. The van der Waals surface area contributed by atoms with Crippen LogP contribution in [0.5, 0.6) is 5.75 Å². The zero-order valence-electron chi connectivity index (χ0n) is 22.0. The highest BCUT2D eigenvalue weighted by molar-refractivity contribution is 5.92. The molecule has 0 aliphatic rings. The number of hydrogen-bond donors (Lipinski definition) is 1. The molecular formula is C30H53NO2. The molecule has 0 atom stereocenters. The number of carbonyl (C=O) groups excluding carboxylic acids is 1. The molecule has 1 aromatic carbocycles. The molecular weight excluding hydrogens is 406 g/mol. The lowest BCUT2D eigenvalue weighted by Crippen LogP contribution is -2.12. The summed E-state index contributed by atoms with van der Waals surface area (Å²) in [5.74, 6) is 0.843. The highest BCUT2D eigenvalue weighted by atomic mass is 16.5. The van der Waals surface area contributed by atoms with E-state index in [-0.39, 0.29) is 5.91 Å². The highest BCUT2D eigenvalue weighted by Crippen LogP contribution is 2.24. The molecule has 0 aliphatic heterocycles. The van der Waals surface area contributed by atoms with Crippen molar-refractivity contribution in [3.05, 3.63) is 24.3 Å². The Morgan fingerprint density at radius 3 is 1.52 bits per heavy atom. The van der Waals surface area contributed by atoms with E-state index in [2.05, 4.69) is 12.2 Å². The fourth-order valence-corrected chi connectivity index (χ4v) is 4.43. The number of amides is 1. The Bertz CT molecular complexity index is 572. The molecule has 0 bridgehead atoms. The zero-order valence-corrected chi connectivity index (χ0v) is 22.0. The van der Waals surface area contributed by atoms with E-state index in [9.17, 15) is 4.79 Å². The fourth-order valence-electron chi connectivity index (χ4n) is 4.43. The first kappa shape index (κ1) is 29.5. The van der Waals surface area contributed by atoms with Crippen LogP contribution in [0.25, 0.3) is 0 Å². The normalized spacial score (nSPS) is 11.0. The van der Waals surface area contributed by atoms with Gasteiger partial charge in [-0.05, 0) is 25.5 Å². The van der Waals surface area contributed by atoms with Crippen LogP contribution in [-0.2, 0) is 4.79 Å². The molecule has 3 heteroatoms. The number of ether oxygens (including phenoxy) is 1. The van der Waals surface area contributed by atoms with Gasteiger partial charge in [0.25, 0.3) is 0 Å². The molecule has 0 aromatic heterocycles. The first-order valence-corrected chi connectivity index (χ1v) is 14.3. The van der Waals surface area contributed by atoms with Crippen molar-refractivity contribution in [3.8, 4) is 5.75 Å². The average molecular weight is 460 g/mol. The lowest BCUT2D eigenvalue weighted by atomic mass is 10.0. The summed E-state index contributed by atoms with van der Waals surface area (Å²) >= 11 is 0. The zero-order chi connectivity index (χ0) is 23.8. The van der Waals surface area contributed by atoms with Crippen LogP contribution in [-0.4, -0.2) is 12.5 Å². The number of benzene rings is 1. The van der Waals surface area contributed by atoms with Gasteiger partial charge < -0.3 is 10.1 Å². The highest BCUT2D eigenvalue weighted by Gasteiger charge is 2.07. The van der Waals surface area contributed by atoms with Crippen molar-refractivity contribution in [2.24, 2.45) is 0 Å². The lowest BCUT2D eigenvalue weighted by Gasteiger charge is -2.11. The predicted molar refractivity (Wildman–Crippen MR) is 144 cm³/mol. The van der Waals surface area contributed by atoms with E-state index in [0.717, 1.165) is 24.3 Å². The summed E-state index contributed by atoms with van der Waals surface area (Å²) in [6, 6.07) is 7.66. The van der Waals surface area contributed by atoms with Crippen LogP contribution in [0.2, 0.25) is 0 Å². The van der Waals surface area contributed by atoms with Crippen molar-refractivity contribution in [1.29, 1.82) is 0 Å². The van der Waals surface area contributed by atoms with Gasteiger partial charge in [0.15, 0.2) is 0 Å². The number of unbranched alkanes of at least 4 members (excludes halogenated alkanes) is 18. The molecule has 0 heterocycles. The summed E-state index contributed by atoms with van der Waals surface area (Å²) in [5, 5.41) is 2.99. The second-order valence-corrected chi connectivity index (χ2v) is 9.59. The second-order valence-electron chi connectivity index (χ2n) is 9.59. The van der Waals surface area contributed by atoms with Gasteiger partial charge in [-0.3, -0.25) is 4.79 Å². The van der Waals surface area contributed by atoms with Crippen molar-refractivity contribution in [1.82, 2.24) is 0 Å². The van der Waals surface area contributed by atoms with Crippen LogP contribution in [0.3, 0.4) is 0 Å². The maximum atomic E-state index is 12.2. The molecule has 1 aromatic rings. The summed E-state index contributed by atoms with van der Waals surface area (Å²) in [7, 11) is 0. The number of hydrogen-bond acceptors (Lipinski definition) is 2. The summed E-state index contributed by atoms with van der Waals surface area (Å²) in [4.78, 5) is 12.2. The van der Waals surface area contributed by atoms with E-state index >= 15 is 0 Å². The van der Waals surface area contributed by atoms with Crippen LogP contribution in [0, 0.1) is 0 Å². The molecule has 0 unspecified atom stereocenters. The minimum absolute atomic E-state index is 0.0918. The first-order valence-electron chi connectivity index (χ1n) is 14.3. The Morgan fingerprint density at radius 1 is 0.636 bits per heavy atom. The third-order valence-corrected chi connectivity index (χ3v) is 6.47. The Kier molecular flexibility index (Phi) is 19.9. The number of para-hydroxylation sites is 2. The quantitative estimate of drug-likeness (QED) is 0.165. The predicted octanol–water partition coefficient (Wildman–Crippen LogP) is 9.85. The summed E-state index contributed by atoms with van der Waals surface area (Å²) in [6.45, 7) is 4.85. The van der Waals surface area contributed by atoms with Gasteiger partial charge in [-0.15, -0.1) is 0 Å². The van der Waals surface area contributed by atoms with Crippen LogP contribution in [0.4, 0.5) is 5.69 Å². The Labute approximate surface area is 205 Å². The topological polar surface area (TPSA) is 38.3 Å². The van der Waals surface area contributed by atoms with Crippen molar-refractivity contribution < 1.29 is 9.53 Å². The smallest absolute Gasteiger partial charge is 0.224 e. The van der Waals surface area contributed by atoms with E-state index in [0.29, 0.717) is 13.0 Å². The van der Waals surface area contributed by atoms with Gasteiger partial charge in [0, 0.05) is 6.42 Å². The Balaban J connectivity index is 1.82. The molecule has 0 radical (unpaired) electrons. The first-order chi connectivity index (χ1) is 16.3. The molecule has 0 fully saturated rings. The third kappa shape index (κ3) is 17.6. The number of nitrogens with one attached hydrogen (secondary N) is 1. The fraction of sp³-hybridized carbons (Fsp3) is 0.767. The molecule has 0 saturated heterocycles. The average Bonchev–Trinajstić information content (AvgIpc) is 2.82. The van der Waals surface area contributed by atoms with E-state index in [1.54, 1.807) is 0 Å². The molecule has 0 aliphatic carbocycles. The minimum Gasteiger partial charge on any atom is -0.492 e. The van der Waals surface area contributed by atoms with Crippen LogP contribution < -0.4 is 10.1 Å². The van der Waals surface area contributed by atoms with Gasteiger partial charge in [-0.25, -0.2) is 0 Å². The molecule has 190 valence electrons. The van der Waals surface area contributed by atoms with Crippen molar-refractivity contribution in [2.45, 2.75) is 142 Å². The monoisotopic (exact) mass is 459 g/mol. The van der Waals surface area contributed by atoms with Gasteiger partial charge in [0.1, 0.15) is 5.75 Å². The van der Waals surface area contributed by atoms with Gasteiger partial charge in [-0.1, -0.05) is 135 Å². The van der Waals surface area contributed by atoms with Crippen LogP contribution >= 0.6 is 0 Å². The molecule has 3 nitrogen and oxygen atoms in total. The van der Waals surface area contributed by atoms with Crippen LogP contribution in [0.1, 0.15) is 142 Å². The molecule has 33 heavy (non-hydrogen) atoms. The Morgan fingerprint density at radius 2 is 1.06 bits per heavy atom. The van der Waals surface area contributed by atoms with Gasteiger partial charge in [0.05, 0.1) is 12.3 Å². The van der Waals surface area contributed by atoms with Crippen LogP contribution in [0.15, 0.2) is 24.3 Å². The number of carbonyl (C=O) groups is 1. The molecule has 0 saturated carbocycles. The van der Waals surface area contributed by atoms with Crippen molar-refractivity contribution in [3.63, 3.8) is 0 Å². The molecule has 0 spiro atoms. The maximum Gasteiger partial charge on any atom is 0.224 e. The maximum absolute atomic E-state index is 12.2. The van der Waals surface area contributed by atoms with Gasteiger partial charge >= 0.3 is 0 Å². The third-order valence-electron chi connectivity index (χ3n) is 6.47. The van der Waals surface area contributed by atoms with E-state index < -0.39 is 0 Å². The SMILES string of the molecule is CCCCCCCCCCCCCCCCCCCCCC(=O)Nc1ccccc1OCC. The standard InChI is InChI=1S/C30H53NO2/c1-3-5-6-7-8-9-10-11-12-13-14-15-16-17-18-19-20-21-22-27-30(32)31-28-25-23-24-26-29(28)33-4-2/h23-26H,3-22,27H2,1-2H3,(H,31,32). The van der Waals surface area contributed by atoms with Gasteiger partial charge in [-0.2, -0.15) is 0 Å². The number of anilines is 1. The van der Waals surface area contributed by atoms with Gasteiger partial charge in [0.2, 0.25) is 5.91 Å². The van der Waals surface area contributed by atoms with E-state index in [1.807, 2.05) is 31.2 Å². The van der Waals surface area contributed by atoms with E-state index in [1.165, 1.54) is 109 Å². The minimum atomic E-state index is 0.0918. The summed E-state index contributed by atoms with van der Waals surface area (Å²) in [6.07, 6.45) is 26.6. The Hall–Kier alpha value is -1.51.